The number of aliphatic hydroxyl groups is 1. The Labute approximate surface area is 107 Å². The summed E-state index contributed by atoms with van der Waals surface area (Å²) in [5.41, 5.74) is -0.691. The van der Waals surface area contributed by atoms with Gasteiger partial charge in [0, 0.05) is 19.6 Å². The van der Waals surface area contributed by atoms with E-state index in [9.17, 15) is 14.7 Å². The highest BCUT2D eigenvalue weighted by atomic mass is 16.4. The summed E-state index contributed by atoms with van der Waals surface area (Å²) < 4.78 is 0. The lowest BCUT2D eigenvalue weighted by molar-refractivity contribution is -0.141. The van der Waals surface area contributed by atoms with Gasteiger partial charge in [-0.05, 0) is 26.2 Å². The number of nitrogens with one attached hydrogen (secondary N) is 1. The Hall–Kier alpha value is -1.30. The van der Waals surface area contributed by atoms with E-state index < -0.39 is 17.5 Å². The molecule has 0 aliphatic carbocycles. The van der Waals surface area contributed by atoms with Crippen LogP contribution in [0.2, 0.25) is 0 Å². The van der Waals surface area contributed by atoms with Crippen LogP contribution in [-0.2, 0) is 4.79 Å². The SMILES string of the molecule is CCC(CNC(=O)N1CCC(C)(O)CC1)C(=O)O. The highest BCUT2D eigenvalue weighted by Crippen LogP contribution is 2.20. The molecule has 1 aliphatic rings. The maximum atomic E-state index is 11.8. The summed E-state index contributed by atoms with van der Waals surface area (Å²) >= 11 is 0. The Kier molecular flexibility index (Phi) is 4.95. The van der Waals surface area contributed by atoms with E-state index in [0.29, 0.717) is 32.4 Å². The number of rotatable bonds is 4. The average molecular weight is 258 g/mol. The lowest BCUT2D eigenvalue weighted by Gasteiger charge is -2.35. The number of carboxylic acids is 1. The lowest BCUT2D eigenvalue weighted by Crippen LogP contribution is -2.49. The molecule has 0 radical (unpaired) electrons. The van der Waals surface area contributed by atoms with Gasteiger partial charge in [-0.15, -0.1) is 0 Å². The molecule has 6 heteroatoms. The van der Waals surface area contributed by atoms with Gasteiger partial charge in [-0.2, -0.15) is 0 Å². The van der Waals surface area contributed by atoms with Crippen molar-refractivity contribution in [1.82, 2.24) is 10.2 Å². The molecule has 3 N–H and O–H groups in total. The number of carbonyl (C=O) groups is 2. The third kappa shape index (κ3) is 4.18. The summed E-state index contributed by atoms with van der Waals surface area (Å²) in [5.74, 6) is -1.43. The molecular formula is C12H22N2O4. The van der Waals surface area contributed by atoms with Crippen LogP contribution < -0.4 is 5.32 Å². The van der Waals surface area contributed by atoms with E-state index in [4.69, 9.17) is 5.11 Å². The summed E-state index contributed by atoms with van der Waals surface area (Å²) in [4.78, 5) is 24.2. The normalized spacial score (nSPS) is 20.3. The molecule has 0 aromatic heterocycles. The highest BCUT2D eigenvalue weighted by Gasteiger charge is 2.29. The maximum absolute atomic E-state index is 11.8. The van der Waals surface area contributed by atoms with Crippen LogP contribution in [0.3, 0.4) is 0 Å². The quantitative estimate of drug-likeness (QED) is 0.690. The van der Waals surface area contributed by atoms with Crippen LogP contribution in [-0.4, -0.2) is 52.3 Å². The fourth-order valence-electron chi connectivity index (χ4n) is 1.92. The van der Waals surface area contributed by atoms with E-state index in [1.54, 1.807) is 18.7 Å². The number of likely N-dealkylation sites (tertiary alicyclic amines) is 1. The molecule has 0 aromatic carbocycles. The Morgan fingerprint density at radius 1 is 1.39 bits per heavy atom. The molecule has 0 spiro atoms. The van der Waals surface area contributed by atoms with Gasteiger partial charge >= 0.3 is 12.0 Å². The van der Waals surface area contributed by atoms with Gasteiger partial charge in [0.2, 0.25) is 0 Å². The van der Waals surface area contributed by atoms with Gasteiger partial charge in [-0.1, -0.05) is 6.92 Å². The van der Waals surface area contributed by atoms with Crippen LogP contribution in [0.25, 0.3) is 0 Å². The second kappa shape index (κ2) is 6.04. The van der Waals surface area contributed by atoms with Gasteiger partial charge in [0.15, 0.2) is 0 Å². The number of nitrogens with zero attached hydrogens (tertiary/aromatic N) is 1. The van der Waals surface area contributed by atoms with Crippen molar-refractivity contribution in [2.45, 2.75) is 38.7 Å². The van der Waals surface area contributed by atoms with Gasteiger partial charge in [0.05, 0.1) is 11.5 Å². The Balaban J connectivity index is 2.36. The fourth-order valence-corrected chi connectivity index (χ4v) is 1.92. The van der Waals surface area contributed by atoms with E-state index in [1.165, 1.54) is 0 Å². The summed E-state index contributed by atoms with van der Waals surface area (Å²) in [6, 6.07) is -0.245. The van der Waals surface area contributed by atoms with Crippen molar-refractivity contribution < 1.29 is 19.8 Å². The van der Waals surface area contributed by atoms with E-state index in [2.05, 4.69) is 5.32 Å². The summed E-state index contributed by atoms with van der Waals surface area (Å²) in [5, 5.41) is 21.3. The number of amides is 2. The second-order valence-electron chi connectivity index (χ2n) is 5.11. The zero-order valence-electron chi connectivity index (χ0n) is 11.0. The molecule has 0 saturated carbocycles. The molecule has 0 bridgehead atoms. The smallest absolute Gasteiger partial charge is 0.317 e. The highest BCUT2D eigenvalue weighted by molar-refractivity contribution is 5.76. The molecular weight excluding hydrogens is 236 g/mol. The molecule has 1 aliphatic heterocycles. The van der Waals surface area contributed by atoms with Crippen molar-refractivity contribution >= 4 is 12.0 Å². The first-order chi connectivity index (χ1) is 8.35. The first kappa shape index (κ1) is 14.8. The van der Waals surface area contributed by atoms with E-state index in [0.717, 1.165) is 0 Å². The van der Waals surface area contributed by atoms with Crippen molar-refractivity contribution in [2.75, 3.05) is 19.6 Å². The minimum atomic E-state index is -0.889. The lowest BCUT2D eigenvalue weighted by atomic mass is 9.94. The second-order valence-corrected chi connectivity index (χ2v) is 5.11. The predicted molar refractivity (Wildman–Crippen MR) is 66.2 cm³/mol. The zero-order valence-corrected chi connectivity index (χ0v) is 11.0. The topological polar surface area (TPSA) is 89.9 Å². The van der Waals surface area contributed by atoms with Gasteiger partial charge < -0.3 is 20.4 Å². The molecule has 2 amide bonds. The van der Waals surface area contributed by atoms with Crippen molar-refractivity contribution in [3.05, 3.63) is 0 Å². The largest absolute Gasteiger partial charge is 0.481 e. The van der Waals surface area contributed by atoms with E-state index >= 15 is 0 Å². The number of carbonyl (C=O) groups excluding carboxylic acids is 1. The minimum absolute atomic E-state index is 0.150. The zero-order chi connectivity index (χ0) is 13.8. The standard InChI is InChI=1S/C12H22N2O4/c1-3-9(10(15)16)8-13-11(17)14-6-4-12(2,18)5-7-14/h9,18H,3-8H2,1-2H3,(H,13,17)(H,15,16). The van der Waals surface area contributed by atoms with Crippen molar-refractivity contribution in [3.63, 3.8) is 0 Å². The van der Waals surface area contributed by atoms with Gasteiger partial charge in [-0.3, -0.25) is 4.79 Å². The summed E-state index contributed by atoms with van der Waals surface area (Å²) in [6.07, 6.45) is 1.59. The monoisotopic (exact) mass is 258 g/mol. The van der Waals surface area contributed by atoms with Crippen LogP contribution in [0.1, 0.15) is 33.1 Å². The fraction of sp³-hybridized carbons (Fsp3) is 0.833. The molecule has 1 rings (SSSR count). The van der Waals surface area contributed by atoms with Crippen LogP contribution >= 0.6 is 0 Å². The van der Waals surface area contributed by atoms with Crippen LogP contribution in [0.15, 0.2) is 0 Å². The summed E-state index contributed by atoms with van der Waals surface area (Å²) in [6.45, 7) is 4.70. The molecule has 1 saturated heterocycles. The number of hydrogen-bond donors (Lipinski definition) is 3. The van der Waals surface area contributed by atoms with E-state index in [1.807, 2.05) is 0 Å². The Bertz CT molecular complexity index is 307. The molecule has 18 heavy (non-hydrogen) atoms. The number of urea groups is 1. The van der Waals surface area contributed by atoms with Crippen LogP contribution in [0.5, 0.6) is 0 Å². The number of carboxylic acid groups (broad SMARTS) is 1. The van der Waals surface area contributed by atoms with E-state index in [-0.39, 0.29) is 12.6 Å². The maximum Gasteiger partial charge on any atom is 0.317 e. The molecule has 1 heterocycles. The molecule has 1 fully saturated rings. The third-order valence-electron chi connectivity index (χ3n) is 3.47. The molecule has 0 aromatic rings. The molecule has 1 atom stereocenters. The minimum Gasteiger partial charge on any atom is -0.481 e. The van der Waals surface area contributed by atoms with Crippen molar-refractivity contribution in [2.24, 2.45) is 5.92 Å². The van der Waals surface area contributed by atoms with Gasteiger partial charge in [-0.25, -0.2) is 4.79 Å². The molecule has 104 valence electrons. The number of hydrogen-bond acceptors (Lipinski definition) is 3. The number of piperidine rings is 1. The van der Waals surface area contributed by atoms with Gasteiger partial charge in [0.1, 0.15) is 0 Å². The van der Waals surface area contributed by atoms with Crippen LogP contribution in [0, 0.1) is 5.92 Å². The average Bonchev–Trinajstić information content (AvgIpc) is 2.29. The Morgan fingerprint density at radius 2 is 1.94 bits per heavy atom. The number of aliphatic carboxylic acids is 1. The van der Waals surface area contributed by atoms with Crippen LogP contribution in [0.4, 0.5) is 4.79 Å². The predicted octanol–water partition coefficient (Wildman–Crippen LogP) is 0.654. The molecule has 1 unspecified atom stereocenters. The van der Waals surface area contributed by atoms with Crippen molar-refractivity contribution in [3.8, 4) is 0 Å². The third-order valence-corrected chi connectivity index (χ3v) is 3.47. The van der Waals surface area contributed by atoms with Crippen molar-refractivity contribution in [1.29, 1.82) is 0 Å². The first-order valence-electron chi connectivity index (χ1n) is 6.33. The first-order valence-corrected chi connectivity index (χ1v) is 6.33. The molecule has 6 nitrogen and oxygen atoms in total. The van der Waals surface area contributed by atoms with Gasteiger partial charge in [0.25, 0.3) is 0 Å². The summed E-state index contributed by atoms with van der Waals surface area (Å²) in [7, 11) is 0. The Morgan fingerprint density at radius 3 is 2.39 bits per heavy atom.